The van der Waals surface area contributed by atoms with E-state index in [9.17, 15) is 10.1 Å². The second-order valence-electron chi connectivity index (χ2n) is 4.06. The van der Waals surface area contributed by atoms with Crippen LogP contribution in [0.2, 0.25) is 0 Å². The molecule has 1 atom stereocenters. The molecule has 1 unspecified atom stereocenters. The highest BCUT2D eigenvalue weighted by Gasteiger charge is 2.21. The monoisotopic (exact) mass is 225 g/mol. The lowest BCUT2D eigenvalue weighted by Crippen LogP contribution is -2.32. The Morgan fingerprint density at radius 2 is 2.50 bits per heavy atom. The highest BCUT2D eigenvalue weighted by molar-refractivity contribution is 5.17. The van der Waals surface area contributed by atoms with Crippen LogP contribution in [0.1, 0.15) is 12.2 Å². The van der Waals surface area contributed by atoms with Crippen molar-refractivity contribution in [3.05, 3.63) is 28.0 Å². The van der Waals surface area contributed by atoms with Crippen molar-refractivity contribution < 1.29 is 9.34 Å². The first-order valence-electron chi connectivity index (χ1n) is 5.31. The van der Waals surface area contributed by atoms with Gasteiger partial charge >= 0.3 is 5.88 Å². The summed E-state index contributed by atoms with van der Waals surface area (Å²) < 4.78 is 5.11. The quantitative estimate of drug-likeness (QED) is 0.611. The predicted molar refractivity (Wildman–Crippen MR) is 58.1 cm³/mol. The highest BCUT2D eigenvalue weighted by Crippen LogP contribution is 2.18. The van der Waals surface area contributed by atoms with Gasteiger partial charge in [-0.3, -0.25) is 15.0 Å². The maximum Gasteiger partial charge on any atom is 0.433 e. The predicted octanol–water partition coefficient (Wildman–Crippen LogP) is 0.982. The number of hydrogen-bond acceptors (Lipinski definition) is 5. The number of nitrogens with one attached hydrogen (secondary N) is 1. The molecule has 6 heteroatoms. The van der Waals surface area contributed by atoms with Crippen molar-refractivity contribution in [2.45, 2.75) is 19.0 Å². The van der Waals surface area contributed by atoms with Crippen molar-refractivity contribution in [3.63, 3.8) is 0 Å². The van der Waals surface area contributed by atoms with Crippen LogP contribution in [0, 0.1) is 10.1 Å². The molecule has 1 saturated heterocycles. The summed E-state index contributed by atoms with van der Waals surface area (Å²) in [7, 11) is 2.01. The molecule has 0 radical (unpaired) electrons. The van der Waals surface area contributed by atoms with E-state index in [0.29, 0.717) is 18.3 Å². The summed E-state index contributed by atoms with van der Waals surface area (Å²) in [5.41, 5.74) is 0. The second kappa shape index (κ2) is 4.63. The van der Waals surface area contributed by atoms with E-state index in [1.54, 1.807) is 6.07 Å². The minimum atomic E-state index is -0.513. The Labute approximate surface area is 93.4 Å². The van der Waals surface area contributed by atoms with Gasteiger partial charge in [0.15, 0.2) is 0 Å². The molecular formula is C10H15N3O3. The Bertz CT molecular complexity index is 371. The third kappa shape index (κ3) is 2.40. The van der Waals surface area contributed by atoms with E-state index in [0.717, 1.165) is 19.5 Å². The molecule has 0 aliphatic carbocycles. The van der Waals surface area contributed by atoms with Crippen LogP contribution in [-0.4, -0.2) is 36.0 Å². The first-order chi connectivity index (χ1) is 7.66. The van der Waals surface area contributed by atoms with Gasteiger partial charge in [0.05, 0.1) is 12.6 Å². The van der Waals surface area contributed by atoms with Gasteiger partial charge in [-0.1, -0.05) is 0 Å². The van der Waals surface area contributed by atoms with Gasteiger partial charge in [-0.2, -0.15) is 0 Å². The Balaban J connectivity index is 1.94. The average Bonchev–Trinajstić information content (AvgIpc) is 2.87. The summed E-state index contributed by atoms with van der Waals surface area (Å²) in [5, 5.41) is 13.7. The largest absolute Gasteiger partial charge is 0.433 e. The maximum atomic E-state index is 10.4. The lowest BCUT2D eigenvalue weighted by atomic mass is 10.2. The van der Waals surface area contributed by atoms with Gasteiger partial charge in [-0.25, -0.2) is 0 Å². The van der Waals surface area contributed by atoms with Crippen molar-refractivity contribution >= 4 is 5.88 Å². The Kier molecular flexibility index (Phi) is 3.21. The smallest absolute Gasteiger partial charge is 0.404 e. The van der Waals surface area contributed by atoms with Crippen LogP contribution in [0.5, 0.6) is 0 Å². The number of likely N-dealkylation sites (N-methyl/N-ethyl adjacent to an activating group) is 1. The van der Waals surface area contributed by atoms with Crippen molar-refractivity contribution in [1.29, 1.82) is 0 Å². The summed E-state index contributed by atoms with van der Waals surface area (Å²) in [6, 6.07) is 3.55. The molecule has 6 nitrogen and oxygen atoms in total. The van der Waals surface area contributed by atoms with Gasteiger partial charge in [0.25, 0.3) is 0 Å². The second-order valence-corrected chi connectivity index (χ2v) is 4.06. The molecule has 1 fully saturated rings. The van der Waals surface area contributed by atoms with E-state index >= 15 is 0 Å². The van der Waals surface area contributed by atoms with Crippen molar-refractivity contribution in [1.82, 2.24) is 10.2 Å². The van der Waals surface area contributed by atoms with Crippen molar-refractivity contribution in [2.75, 3.05) is 20.1 Å². The standard InChI is InChI=1S/C10H15N3O3/c1-12(8-4-5-11-6-8)7-9-2-3-10(16-9)13(14)15/h2-3,8,11H,4-7H2,1H3. The lowest BCUT2D eigenvalue weighted by Gasteiger charge is -2.21. The summed E-state index contributed by atoms with van der Waals surface area (Å²) in [6.45, 7) is 2.62. The van der Waals surface area contributed by atoms with Gasteiger partial charge in [0, 0.05) is 12.6 Å². The summed E-state index contributed by atoms with van der Waals surface area (Å²) >= 11 is 0. The average molecular weight is 225 g/mol. The fraction of sp³-hybridized carbons (Fsp3) is 0.600. The van der Waals surface area contributed by atoms with Crippen LogP contribution < -0.4 is 5.32 Å². The maximum absolute atomic E-state index is 10.4. The molecule has 0 saturated carbocycles. The molecule has 0 spiro atoms. The van der Waals surface area contributed by atoms with Gasteiger partial charge in [0.2, 0.25) is 0 Å². The third-order valence-electron chi connectivity index (χ3n) is 2.89. The number of hydrogen-bond donors (Lipinski definition) is 1. The Hall–Kier alpha value is -1.40. The molecule has 2 heterocycles. The highest BCUT2D eigenvalue weighted by atomic mass is 16.6. The minimum absolute atomic E-state index is 0.187. The van der Waals surface area contributed by atoms with Gasteiger partial charge < -0.3 is 9.73 Å². The van der Waals surface area contributed by atoms with Crippen LogP contribution in [-0.2, 0) is 6.54 Å². The molecule has 0 amide bonds. The molecule has 1 aliphatic rings. The molecular weight excluding hydrogens is 210 g/mol. The molecule has 1 N–H and O–H groups in total. The Morgan fingerprint density at radius 1 is 1.69 bits per heavy atom. The zero-order chi connectivity index (χ0) is 11.5. The van der Waals surface area contributed by atoms with E-state index in [4.69, 9.17) is 4.42 Å². The molecule has 1 aliphatic heterocycles. The zero-order valence-electron chi connectivity index (χ0n) is 9.18. The molecule has 0 bridgehead atoms. The van der Waals surface area contributed by atoms with Gasteiger partial charge in [-0.15, -0.1) is 0 Å². The van der Waals surface area contributed by atoms with Gasteiger partial charge in [0.1, 0.15) is 10.7 Å². The first kappa shape index (κ1) is 11.1. The van der Waals surface area contributed by atoms with Crippen LogP contribution in [0.3, 0.4) is 0 Å². The Morgan fingerprint density at radius 3 is 3.06 bits per heavy atom. The summed E-state index contributed by atoms with van der Waals surface area (Å²) in [5.74, 6) is 0.453. The fourth-order valence-electron chi connectivity index (χ4n) is 1.94. The normalized spacial score (nSPS) is 20.5. The molecule has 0 aromatic carbocycles. The van der Waals surface area contributed by atoms with Crippen LogP contribution >= 0.6 is 0 Å². The number of rotatable bonds is 4. The van der Waals surface area contributed by atoms with Crippen molar-refractivity contribution in [3.8, 4) is 0 Å². The number of nitro groups is 1. The molecule has 1 aromatic heterocycles. The third-order valence-corrected chi connectivity index (χ3v) is 2.89. The van der Waals surface area contributed by atoms with Gasteiger partial charge in [-0.05, 0) is 26.1 Å². The number of furan rings is 1. The van der Waals surface area contributed by atoms with E-state index in [-0.39, 0.29) is 5.88 Å². The van der Waals surface area contributed by atoms with Crippen LogP contribution in [0.25, 0.3) is 0 Å². The molecule has 16 heavy (non-hydrogen) atoms. The molecule has 88 valence electrons. The topological polar surface area (TPSA) is 71.5 Å². The van der Waals surface area contributed by atoms with E-state index in [2.05, 4.69) is 10.2 Å². The fourth-order valence-corrected chi connectivity index (χ4v) is 1.94. The van der Waals surface area contributed by atoms with E-state index < -0.39 is 4.92 Å². The van der Waals surface area contributed by atoms with Crippen LogP contribution in [0.15, 0.2) is 16.5 Å². The summed E-state index contributed by atoms with van der Waals surface area (Å²) in [4.78, 5) is 12.1. The molecule has 2 rings (SSSR count). The van der Waals surface area contributed by atoms with Crippen molar-refractivity contribution in [2.24, 2.45) is 0 Å². The van der Waals surface area contributed by atoms with Crippen LogP contribution in [0.4, 0.5) is 5.88 Å². The first-order valence-corrected chi connectivity index (χ1v) is 5.31. The SMILES string of the molecule is CN(Cc1ccc([N+](=O)[O-])o1)C1CCNC1. The van der Waals surface area contributed by atoms with E-state index in [1.807, 2.05) is 7.05 Å². The molecule has 1 aromatic rings. The zero-order valence-corrected chi connectivity index (χ0v) is 9.18. The van der Waals surface area contributed by atoms with E-state index in [1.165, 1.54) is 6.07 Å². The lowest BCUT2D eigenvalue weighted by molar-refractivity contribution is -0.402. The number of nitrogens with zero attached hydrogens (tertiary/aromatic N) is 2. The minimum Gasteiger partial charge on any atom is -0.404 e. The summed E-state index contributed by atoms with van der Waals surface area (Å²) in [6.07, 6.45) is 1.11.